The van der Waals surface area contributed by atoms with Crippen LogP contribution in [-0.4, -0.2) is 67.6 Å². The van der Waals surface area contributed by atoms with E-state index in [-0.39, 0.29) is 18.0 Å². The number of rotatable bonds is 4. The summed E-state index contributed by atoms with van der Waals surface area (Å²) < 4.78 is 1.90. The van der Waals surface area contributed by atoms with Gasteiger partial charge in [0.05, 0.1) is 6.20 Å². The number of hydrogen-bond donors (Lipinski definition) is 0. The number of imide groups is 1. The number of nitrogens with zero attached hydrogens (tertiary/aromatic N) is 5. The van der Waals surface area contributed by atoms with Crippen molar-refractivity contribution in [3.05, 3.63) is 52.8 Å². The quantitative estimate of drug-likeness (QED) is 0.712. The number of carbonyl (C=O) groups excluding carboxylic acids is 2. The highest BCUT2D eigenvalue weighted by Gasteiger charge is 2.59. The summed E-state index contributed by atoms with van der Waals surface area (Å²) >= 11 is 0. The fraction of sp³-hybridized carbons (Fsp3) is 0.542. The maximum Gasteiger partial charge on any atom is 0.327 e. The molecule has 2 saturated heterocycles. The zero-order valence-electron chi connectivity index (χ0n) is 18.7. The largest absolute Gasteiger partial charge is 0.327 e. The molecule has 7 heteroatoms. The molecule has 3 aliphatic rings. The number of likely N-dealkylation sites (N-methyl/N-ethyl adjacent to an activating group) is 1. The van der Waals surface area contributed by atoms with Crippen LogP contribution in [0.3, 0.4) is 0 Å². The lowest BCUT2D eigenvalue weighted by Crippen LogP contribution is -2.56. The first-order chi connectivity index (χ1) is 14.9. The number of likely N-dealkylation sites (tertiary alicyclic amines) is 1. The maximum atomic E-state index is 13.8. The number of piperidine rings is 1. The smallest absolute Gasteiger partial charge is 0.310 e. The number of fused-ring (bicyclic) bond motifs is 1. The lowest BCUT2D eigenvalue weighted by molar-refractivity contribution is -0.137. The average Bonchev–Trinajstić information content (AvgIpc) is 3.39. The van der Waals surface area contributed by atoms with Gasteiger partial charge in [-0.2, -0.15) is 5.10 Å². The Morgan fingerprint density at radius 2 is 1.74 bits per heavy atom. The highest BCUT2D eigenvalue weighted by atomic mass is 16.2. The van der Waals surface area contributed by atoms with Crippen LogP contribution in [-0.2, 0) is 31.2 Å². The van der Waals surface area contributed by atoms with Crippen molar-refractivity contribution in [2.75, 3.05) is 19.6 Å². The molecule has 0 N–H and O–H groups in total. The molecule has 0 unspecified atom stereocenters. The first-order valence-corrected chi connectivity index (χ1v) is 11.4. The van der Waals surface area contributed by atoms with E-state index in [0.29, 0.717) is 19.4 Å². The van der Waals surface area contributed by atoms with Gasteiger partial charge in [0.15, 0.2) is 0 Å². The van der Waals surface area contributed by atoms with Crippen molar-refractivity contribution in [2.45, 2.75) is 57.7 Å². The van der Waals surface area contributed by atoms with E-state index in [9.17, 15) is 9.59 Å². The SMILES string of the molecule is CCN1C(=O)N(C2Cc3ccccc3C2)C(=O)C12CCN(Cc1cnn(C)c1C)CC2. The van der Waals surface area contributed by atoms with E-state index in [4.69, 9.17) is 0 Å². The monoisotopic (exact) mass is 421 g/mol. The molecule has 5 rings (SSSR count). The highest BCUT2D eigenvalue weighted by molar-refractivity contribution is 6.07. The molecule has 1 aromatic heterocycles. The summed E-state index contributed by atoms with van der Waals surface area (Å²) in [5.41, 5.74) is 4.25. The van der Waals surface area contributed by atoms with Crippen LogP contribution in [0.15, 0.2) is 30.5 Å². The molecule has 0 saturated carbocycles. The second-order valence-electron chi connectivity index (χ2n) is 9.22. The molecule has 31 heavy (non-hydrogen) atoms. The van der Waals surface area contributed by atoms with Gasteiger partial charge in [-0.25, -0.2) is 4.79 Å². The third-order valence-electron chi connectivity index (χ3n) is 7.70. The third kappa shape index (κ3) is 3.09. The fourth-order valence-corrected chi connectivity index (χ4v) is 5.72. The molecule has 1 aliphatic carbocycles. The Bertz CT molecular complexity index is 996. The Morgan fingerprint density at radius 1 is 1.10 bits per heavy atom. The molecule has 0 radical (unpaired) electrons. The van der Waals surface area contributed by atoms with Gasteiger partial charge in [0.2, 0.25) is 0 Å². The topological polar surface area (TPSA) is 61.7 Å². The molecule has 2 aromatic rings. The van der Waals surface area contributed by atoms with Crippen molar-refractivity contribution < 1.29 is 9.59 Å². The molecule has 1 spiro atoms. The Hall–Kier alpha value is -2.67. The zero-order valence-corrected chi connectivity index (χ0v) is 18.7. The van der Waals surface area contributed by atoms with Crippen LogP contribution in [0.1, 0.15) is 42.1 Å². The van der Waals surface area contributed by atoms with Crippen LogP contribution < -0.4 is 0 Å². The number of aromatic nitrogens is 2. The van der Waals surface area contributed by atoms with Crippen LogP contribution in [0.25, 0.3) is 0 Å². The van der Waals surface area contributed by atoms with Gasteiger partial charge in [0.25, 0.3) is 5.91 Å². The molecule has 2 fully saturated rings. The minimum atomic E-state index is -0.679. The number of aryl methyl sites for hydroxylation is 1. The minimum absolute atomic E-state index is 0.0226. The summed E-state index contributed by atoms with van der Waals surface area (Å²) in [4.78, 5) is 33.0. The van der Waals surface area contributed by atoms with Crippen molar-refractivity contribution in [3.8, 4) is 0 Å². The summed E-state index contributed by atoms with van der Waals surface area (Å²) in [5.74, 6) is 0.0226. The molecule has 0 bridgehead atoms. The number of benzene rings is 1. The van der Waals surface area contributed by atoms with Gasteiger partial charge in [-0.15, -0.1) is 0 Å². The Morgan fingerprint density at radius 3 is 2.29 bits per heavy atom. The van der Waals surface area contributed by atoms with Gasteiger partial charge in [-0.05, 0) is 50.7 Å². The molecule has 3 heterocycles. The molecule has 164 valence electrons. The van der Waals surface area contributed by atoms with Crippen molar-refractivity contribution in [3.63, 3.8) is 0 Å². The summed E-state index contributed by atoms with van der Waals surface area (Å²) in [5, 5.41) is 4.35. The molecule has 0 atom stereocenters. The highest BCUT2D eigenvalue weighted by Crippen LogP contribution is 2.40. The number of carbonyl (C=O) groups is 2. The van der Waals surface area contributed by atoms with Gasteiger partial charge in [-0.1, -0.05) is 24.3 Å². The lowest BCUT2D eigenvalue weighted by Gasteiger charge is -2.42. The molecular formula is C24H31N5O2. The van der Waals surface area contributed by atoms with Crippen molar-refractivity contribution >= 4 is 11.9 Å². The van der Waals surface area contributed by atoms with E-state index in [1.54, 1.807) is 4.90 Å². The van der Waals surface area contributed by atoms with Gasteiger partial charge >= 0.3 is 6.03 Å². The second kappa shape index (κ2) is 7.48. The van der Waals surface area contributed by atoms with E-state index in [0.717, 1.165) is 32.5 Å². The normalized spacial score (nSPS) is 21.5. The van der Waals surface area contributed by atoms with Crippen LogP contribution in [0.2, 0.25) is 0 Å². The molecule has 7 nitrogen and oxygen atoms in total. The maximum absolute atomic E-state index is 13.8. The summed E-state index contributed by atoms with van der Waals surface area (Å²) in [6, 6.07) is 8.16. The van der Waals surface area contributed by atoms with Crippen LogP contribution in [0.4, 0.5) is 4.79 Å². The van der Waals surface area contributed by atoms with Gasteiger partial charge in [-0.3, -0.25) is 19.3 Å². The zero-order chi connectivity index (χ0) is 21.8. The van der Waals surface area contributed by atoms with Crippen LogP contribution >= 0.6 is 0 Å². The Labute approximate surface area is 183 Å². The van der Waals surface area contributed by atoms with E-state index in [2.05, 4.69) is 29.1 Å². The molecule has 1 aromatic carbocycles. The predicted octanol–water partition coefficient (Wildman–Crippen LogP) is 2.51. The number of amides is 3. The molecule has 2 aliphatic heterocycles. The summed E-state index contributed by atoms with van der Waals surface area (Å²) in [6.07, 6.45) is 4.87. The standard InChI is InChI=1S/C24H31N5O2/c1-4-28-23(31)29(21-13-18-7-5-6-8-19(18)14-21)22(30)24(28)9-11-27(12-10-24)16-20-15-25-26(3)17(20)2/h5-8,15,21H,4,9-14,16H2,1-3H3. The predicted molar refractivity (Wildman–Crippen MR) is 117 cm³/mol. The molecular weight excluding hydrogens is 390 g/mol. The fourth-order valence-electron chi connectivity index (χ4n) is 5.72. The van der Waals surface area contributed by atoms with E-state index in [1.165, 1.54) is 22.4 Å². The summed E-state index contributed by atoms with van der Waals surface area (Å²) in [7, 11) is 1.96. The minimum Gasteiger partial charge on any atom is -0.310 e. The van der Waals surface area contributed by atoms with E-state index in [1.807, 2.05) is 41.9 Å². The van der Waals surface area contributed by atoms with Crippen molar-refractivity contribution in [1.82, 2.24) is 24.5 Å². The van der Waals surface area contributed by atoms with Crippen LogP contribution in [0, 0.1) is 6.92 Å². The van der Waals surface area contributed by atoms with Gasteiger partial charge < -0.3 is 4.90 Å². The Kier molecular flexibility index (Phi) is 4.88. The average molecular weight is 422 g/mol. The number of urea groups is 1. The van der Waals surface area contributed by atoms with Gasteiger partial charge in [0, 0.05) is 50.5 Å². The van der Waals surface area contributed by atoms with Gasteiger partial charge in [0.1, 0.15) is 5.54 Å². The first kappa shape index (κ1) is 20.2. The summed E-state index contributed by atoms with van der Waals surface area (Å²) in [6.45, 7) is 7.10. The van der Waals surface area contributed by atoms with Crippen molar-refractivity contribution in [1.29, 1.82) is 0 Å². The first-order valence-electron chi connectivity index (χ1n) is 11.4. The molecule has 3 amide bonds. The van der Waals surface area contributed by atoms with E-state index < -0.39 is 5.54 Å². The third-order valence-corrected chi connectivity index (χ3v) is 7.70. The Balaban J connectivity index is 1.33. The second-order valence-corrected chi connectivity index (χ2v) is 9.22. The van der Waals surface area contributed by atoms with Crippen LogP contribution in [0.5, 0.6) is 0 Å². The van der Waals surface area contributed by atoms with Crippen molar-refractivity contribution in [2.24, 2.45) is 7.05 Å². The lowest BCUT2D eigenvalue weighted by atomic mass is 9.85. The van der Waals surface area contributed by atoms with E-state index >= 15 is 0 Å². The number of hydrogen-bond acceptors (Lipinski definition) is 4.